The van der Waals surface area contributed by atoms with Crippen molar-refractivity contribution in [2.75, 3.05) is 12.8 Å². The topological polar surface area (TPSA) is 116 Å². The van der Waals surface area contributed by atoms with Crippen LogP contribution in [0.5, 0.6) is 17.2 Å². The number of benzene rings is 3. The Labute approximate surface area is 235 Å². The molecule has 0 radical (unpaired) electrons. The average molecular weight is 601 g/mol. The third kappa shape index (κ3) is 4.78. The zero-order chi connectivity index (χ0) is 27.1. The van der Waals surface area contributed by atoms with E-state index >= 15 is 0 Å². The first-order valence-electron chi connectivity index (χ1n) is 11.8. The van der Waals surface area contributed by atoms with Crippen molar-refractivity contribution in [2.45, 2.75) is 0 Å². The Hall–Kier alpha value is -4.47. The Morgan fingerprint density at radius 2 is 1.69 bits per heavy atom. The number of nitrogens with two attached hydrogens (primary N) is 1. The van der Waals surface area contributed by atoms with Gasteiger partial charge < -0.3 is 15.2 Å². The first-order chi connectivity index (χ1) is 18.9. The van der Waals surface area contributed by atoms with E-state index in [2.05, 4.69) is 35.9 Å². The summed E-state index contributed by atoms with van der Waals surface area (Å²) < 4.78 is 12.9. The van der Waals surface area contributed by atoms with Gasteiger partial charge in [-0.1, -0.05) is 45.7 Å². The van der Waals surface area contributed by atoms with Crippen LogP contribution in [-0.2, 0) is 0 Å². The van der Waals surface area contributed by atoms with Gasteiger partial charge in [0.15, 0.2) is 17.1 Å². The third-order valence-electron chi connectivity index (χ3n) is 6.19. The van der Waals surface area contributed by atoms with Crippen LogP contribution in [0.3, 0.4) is 0 Å². The van der Waals surface area contributed by atoms with E-state index in [1.54, 1.807) is 37.6 Å². The number of aromatic nitrogens is 4. The summed E-state index contributed by atoms with van der Waals surface area (Å²) in [5.74, 6) is 1.56. The van der Waals surface area contributed by atoms with E-state index in [1.807, 2.05) is 48.5 Å². The number of rotatable bonds is 5. The lowest BCUT2D eigenvalue weighted by atomic mass is 9.99. The number of nitrogens with one attached hydrogen (secondary N) is 1. The minimum Gasteiger partial charge on any atom is -0.493 e. The molecular weight excluding hydrogens is 582 g/mol. The molecule has 0 aliphatic carbocycles. The van der Waals surface area contributed by atoms with Gasteiger partial charge in [0.1, 0.15) is 5.75 Å². The zero-order valence-electron chi connectivity index (χ0n) is 20.4. The monoisotopic (exact) mass is 599 g/mol. The fourth-order valence-corrected chi connectivity index (χ4v) is 4.81. The maximum Gasteiger partial charge on any atom is 0.262 e. The molecule has 39 heavy (non-hydrogen) atoms. The van der Waals surface area contributed by atoms with Crippen LogP contribution in [0, 0.1) is 0 Å². The van der Waals surface area contributed by atoms with Gasteiger partial charge in [0.2, 0.25) is 5.95 Å². The van der Waals surface area contributed by atoms with Crippen LogP contribution in [0.25, 0.3) is 44.3 Å². The molecule has 3 aromatic heterocycles. The average Bonchev–Trinajstić information content (AvgIpc) is 2.92. The normalized spacial score (nSPS) is 11.2. The van der Waals surface area contributed by atoms with Crippen LogP contribution >= 0.6 is 27.5 Å². The largest absolute Gasteiger partial charge is 0.493 e. The summed E-state index contributed by atoms with van der Waals surface area (Å²) in [6.45, 7) is 0. The number of pyridine rings is 2. The lowest BCUT2D eigenvalue weighted by Gasteiger charge is -2.15. The summed E-state index contributed by atoms with van der Waals surface area (Å²) in [5, 5.41) is 1.72. The van der Waals surface area contributed by atoms with Crippen LogP contribution < -0.4 is 20.8 Å². The number of nitrogen functional groups attached to an aromatic ring is 1. The summed E-state index contributed by atoms with van der Waals surface area (Å²) in [5.41, 5.74) is 9.26. The molecule has 0 aliphatic heterocycles. The summed E-state index contributed by atoms with van der Waals surface area (Å²) in [4.78, 5) is 28.9. The molecule has 0 bridgehead atoms. The quantitative estimate of drug-likeness (QED) is 0.219. The number of aromatic amines is 1. The van der Waals surface area contributed by atoms with Gasteiger partial charge in [-0.25, -0.2) is 4.98 Å². The second-order valence-electron chi connectivity index (χ2n) is 8.65. The predicted molar refractivity (Wildman–Crippen MR) is 157 cm³/mol. The van der Waals surface area contributed by atoms with Gasteiger partial charge in [0.25, 0.3) is 5.56 Å². The summed E-state index contributed by atoms with van der Waals surface area (Å²) in [7, 11) is 1.56. The molecule has 6 aromatic rings. The lowest BCUT2D eigenvalue weighted by molar-refractivity contribution is 0.380. The van der Waals surface area contributed by atoms with Gasteiger partial charge in [0.05, 0.1) is 23.7 Å². The number of methoxy groups -OCH3 is 1. The summed E-state index contributed by atoms with van der Waals surface area (Å²) in [6.07, 6.45) is 1.66. The van der Waals surface area contributed by atoms with E-state index in [4.69, 9.17) is 26.8 Å². The van der Waals surface area contributed by atoms with E-state index < -0.39 is 0 Å². The van der Waals surface area contributed by atoms with Crippen LogP contribution in [0.15, 0.2) is 88.3 Å². The van der Waals surface area contributed by atoms with Gasteiger partial charge in [-0.2, -0.15) is 4.98 Å². The maximum atomic E-state index is 13.0. The van der Waals surface area contributed by atoms with E-state index in [1.165, 1.54) is 0 Å². The van der Waals surface area contributed by atoms with Gasteiger partial charge in [-0.05, 0) is 60.2 Å². The molecule has 0 spiro atoms. The Morgan fingerprint density at radius 1 is 0.897 bits per heavy atom. The molecule has 0 saturated heterocycles. The molecule has 0 aliphatic rings. The maximum absolute atomic E-state index is 13.0. The standard InChI is InChI=1S/C29H19BrClN5O3/c1-38-25-12-16(4-9-24(25)39-23-10-11-33-22-13-18(31)7-8-19(22)23)20-14-21(15-2-5-17(30)6-3-15)34-27-26(20)28(37)36-29(32)35-27/h2-14H,1H3,(H3,32,34,35,36,37). The number of halogens is 2. The van der Waals surface area contributed by atoms with Crippen molar-refractivity contribution >= 4 is 55.4 Å². The highest BCUT2D eigenvalue weighted by Crippen LogP contribution is 2.39. The molecule has 0 amide bonds. The van der Waals surface area contributed by atoms with E-state index in [-0.39, 0.29) is 17.2 Å². The number of H-pyrrole nitrogens is 1. The minimum absolute atomic E-state index is 0.00824. The number of fused-ring (bicyclic) bond motifs is 2. The van der Waals surface area contributed by atoms with Crippen LogP contribution in [0.1, 0.15) is 0 Å². The fourth-order valence-electron chi connectivity index (χ4n) is 4.38. The molecule has 0 atom stereocenters. The molecule has 192 valence electrons. The van der Waals surface area contributed by atoms with Crippen LogP contribution in [-0.4, -0.2) is 27.0 Å². The molecule has 3 aromatic carbocycles. The van der Waals surface area contributed by atoms with Gasteiger partial charge in [-0.15, -0.1) is 0 Å². The molecular formula is C29H19BrClN5O3. The van der Waals surface area contributed by atoms with Gasteiger partial charge >= 0.3 is 0 Å². The number of nitrogens with zero attached hydrogens (tertiary/aromatic N) is 3. The lowest BCUT2D eigenvalue weighted by Crippen LogP contribution is -2.13. The molecule has 0 fully saturated rings. The molecule has 0 saturated carbocycles. The highest BCUT2D eigenvalue weighted by Gasteiger charge is 2.17. The Balaban J connectivity index is 1.49. The SMILES string of the molecule is COc1cc(-c2cc(-c3ccc(Br)cc3)nc3nc(N)[nH]c(=O)c23)ccc1Oc1ccnc2cc(Cl)ccc12. The minimum atomic E-state index is -0.386. The van der Waals surface area contributed by atoms with Crippen molar-refractivity contribution < 1.29 is 9.47 Å². The Bertz CT molecular complexity index is 1940. The predicted octanol–water partition coefficient (Wildman–Crippen LogP) is 7.00. The van der Waals surface area contributed by atoms with Crippen LogP contribution in [0.2, 0.25) is 5.02 Å². The van der Waals surface area contributed by atoms with Crippen molar-refractivity contribution in [3.63, 3.8) is 0 Å². The fraction of sp³-hybridized carbons (Fsp3) is 0.0345. The first kappa shape index (κ1) is 24.8. The number of hydrogen-bond acceptors (Lipinski definition) is 7. The second kappa shape index (κ2) is 10.0. The smallest absolute Gasteiger partial charge is 0.262 e. The van der Waals surface area contributed by atoms with E-state index in [0.29, 0.717) is 50.0 Å². The van der Waals surface area contributed by atoms with Crippen molar-refractivity contribution in [2.24, 2.45) is 0 Å². The van der Waals surface area contributed by atoms with Crippen LogP contribution in [0.4, 0.5) is 5.95 Å². The zero-order valence-corrected chi connectivity index (χ0v) is 22.7. The number of anilines is 1. The first-order valence-corrected chi connectivity index (χ1v) is 12.9. The van der Waals surface area contributed by atoms with Gasteiger partial charge in [-0.3, -0.25) is 14.8 Å². The van der Waals surface area contributed by atoms with E-state index in [9.17, 15) is 4.79 Å². The highest BCUT2D eigenvalue weighted by molar-refractivity contribution is 9.10. The summed E-state index contributed by atoms with van der Waals surface area (Å²) >= 11 is 9.59. The van der Waals surface area contributed by atoms with Crippen molar-refractivity contribution in [3.8, 4) is 39.6 Å². The van der Waals surface area contributed by atoms with Gasteiger partial charge in [0, 0.05) is 32.2 Å². The van der Waals surface area contributed by atoms with Crippen molar-refractivity contribution in [1.29, 1.82) is 0 Å². The Morgan fingerprint density at radius 3 is 2.49 bits per heavy atom. The highest BCUT2D eigenvalue weighted by atomic mass is 79.9. The van der Waals surface area contributed by atoms with Crippen molar-refractivity contribution in [1.82, 2.24) is 19.9 Å². The molecule has 10 heteroatoms. The second-order valence-corrected chi connectivity index (χ2v) is 10.0. The number of hydrogen-bond donors (Lipinski definition) is 2. The summed E-state index contributed by atoms with van der Waals surface area (Å²) in [6, 6.07) is 22.2. The Kier molecular flexibility index (Phi) is 6.38. The third-order valence-corrected chi connectivity index (χ3v) is 6.96. The number of ether oxygens (including phenoxy) is 2. The molecule has 3 N–H and O–H groups in total. The molecule has 6 rings (SSSR count). The van der Waals surface area contributed by atoms with E-state index in [0.717, 1.165) is 15.4 Å². The van der Waals surface area contributed by atoms with Crippen molar-refractivity contribution in [3.05, 3.63) is 98.8 Å². The molecule has 3 heterocycles. The molecule has 0 unspecified atom stereocenters. The molecule has 8 nitrogen and oxygen atoms in total.